The zero-order chi connectivity index (χ0) is 22.0. The van der Waals surface area contributed by atoms with Gasteiger partial charge in [-0.15, -0.1) is 0 Å². The zero-order valence-corrected chi connectivity index (χ0v) is 18.3. The molecule has 7 heteroatoms. The Hall–Kier alpha value is -2.31. The Morgan fingerprint density at radius 2 is 1.40 bits per heavy atom. The van der Waals surface area contributed by atoms with Crippen molar-refractivity contribution in [1.82, 2.24) is 0 Å². The van der Waals surface area contributed by atoms with Gasteiger partial charge in [0.25, 0.3) is 0 Å². The molecule has 1 aromatic rings. The van der Waals surface area contributed by atoms with Crippen molar-refractivity contribution in [2.75, 3.05) is 6.61 Å². The van der Waals surface area contributed by atoms with Crippen LogP contribution < -0.4 is 4.74 Å². The van der Waals surface area contributed by atoms with Crippen molar-refractivity contribution in [2.24, 2.45) is 0 Å². The van der Waals surface area contributed by atoms with E-state index in [1.807, 2.05) is 0 Å². The summed E-state index contributed by atoms with van der Waals surface area (Å²) in [5.41, 5.74) is -0.521. The van der Waals surface area contributed by atoms with Crippen LogP contribution in [0, 0.1) is 10.1 Å². The number of phenolic OH excluding ortho intramolecular Hbond substituents is 1. The number of carbonyl (C=O) groups excluding carboxylic acids is 1. The highest BCUT2D eigenvalue weighted by atomic mass is 16.7. The molecule has 0 unspecified atom stereocenters. The highest BCUT2D eigenvalue weighted by Gasteiger charge is 2.16. The number of nitro groups is 1. The first kappa shape index (κ1) is 25.7. The smallest absolute Gasteiger partial charge is 0.502 e. The normalized spacial score (nSPS) is 10.7. The van der Waals surface area contributed by atoms with Crippen molar-refractivity contribution in [3.05, 3.63) is 28.3 Å². The van der Waals surface area contributed by atoms with Crippen LogP contribution >= 0.6 is 0 Å². The molecule has 0 fully saturated rings. The number of carbonyl (C=O) groups is 1. The number of aromatic hydroxyl groups is 1. The number of rotatable bonds is 17. The predicted octanol–water partition coefficient (Wildman–Crippen LogP) is 7.30. The lowest BCUT2D eigenvalue weighted by molar-refractivity contribution is -0.385. The second-order valence-electron chi connectivity index (χ2n) is 7.70. The van der Waals surface area contributed by atoms with Crippen LogP contribution in [0.1, 0.15) is 96.8 Å². The SMILES string of the molecule is CCCCCCCCCCCCCCCCOC(=O)Oc1ccc(O)c([N+](=O)[O-])c1. The van der Waals surface area contributed by atoms with Gasteiger partial charge in [0.2, 0.25) is 0 Å². The van der Waals surface area contributed by atoms with E-state index in [1.54, 1.807) is 0 Å². The predicted molar refractivity (Wildman–Crippen MR) is 117 cm³/mol. The van der Waals surface area contributed by atoms with Gasteiger partial charge in [-0.05, 0) is 18.6 Å². The summed E-state index contributed by atoms with van der Waals surface area (Å²) in [6.07, 6.45) is 16.6. The Balaban J connectivity index is 1.95. The van der Waals surface area contributed by atoms with E-state index in [2.05, 4.69) is 6.92 Å². The van der Waals surface area contributed by atoms with E-state index in [4.69, 9.17) is 9.47 Å². The van der Waals surface area contributed by atoms with Crippen LogP contribution in [0.3, 0.4) is 0 Å². The van der Waals surface area contributed by atoms with E-state index >= 15 is 0 Å². The van der Waals surface area contributed by atoms with Gasteiger partial charge in [-0.25, -0.2) is 4.79 Å². The molecule has 0 aromatic heterocycles. The fourth-order valence-corrected chi connectivity index (χ4v) is 3.29. The zero-order valence-electron chi connectivity index (χ0n) is 18.3. The lowest BCUT2D eigenvalue weighted by atomic mass is 10.0. The molecule has 0 saturated carbocycles. The molecular formula is C23H37NO6. The number of nitro benzene ring substituents is 1. The summed E-state index contributed by atoms with van der Waals surface area (Å²) in [6.45, 7) is 2.51. The van der Waals surface area contributed by atoms with Crippen molar-refractivity contribution in [1.29, 1.82) is 0 Å². The van der Waals surface area contributed by atoms with Crippen molar-refractivity contribution >= 4 is 11.8 Å². The van der Waals surface area contributed by atoms with Crippen molar-refractivity contribution < 1.29 is 24.3 Å². The summed E-state index contributed by atoms with van der Waals surface area (Å²) in [4.78, 5) is 21.7. The Morgan fingerprint density at radius 3 is 1.90 bits per heavy atom. The molecule has 0 bridgehead atoms. The first-order valence-electron chi connectivity index (χ1n) is 11.4. The molecule has 30 heavy (non-hydrogen) atoms. The number of unbranched alkanes of at least 4 members (excludes halogenated alkanes) is 13. The Morgan fingerprint density at radius 1 is 0.900 bits per heavy atom. The maximum atomic E-state index is 11.6. The minimum absolute atomic E-state index is 0.0366. The van der Waals surface area contributed by atoms with E-state index < -0.39 is 22.5 Å². The van der Waals surface area contributed by atoms with Gasteiger partial charge < -0.3 is 14.6 Å². The first-order valence-corrected chi connectivity index (χ1v) is 11.4. The van der Waals surface area contributed by atoms with Gasteiger partial charge in [0.05, 0.1) is 17.6 Å². The van der Waals surface area contributed by atoms with Gasteiger partial charge in [0.15, 0.2) is 5.75 Å². The van der Waals surface area contributed by atoms with E-state index in [1.165, 1.54) is 76.7 Å². The molecule has 0 aliphatic heterocycles. The first-order chi connectivity index (χ1) is 14.5. The average molecular weight is 424 g/mol. The number of phenols is 1. The molecule has 1 aromatic carbocycles. The van der Waals surface area contributed by atoms with Crippen LogP contribution in [-0.4, -0.2) is 22.8 Å². The number of hydrogen-bond donors (Lipinski definition) is 1. The maximum Gasteiger partial charge on any atom is 0.513 e. The molecular weight excluding hydrogens is 386 g/mol. The van der Waals surface area contributed by atoms with Gasteiger partial charge in [0.1, 0.15) is 5.75 Å². The van der Waals surface area contributed by atoms with Crippen LogP contribution in [0.25, 0.3) is 0 Å². The molecule has 7 nitrogen and oxygen atoms in total. The molecule has 0 atom stereocenters. The lowest BCUT2D eigenvalue weighted by Crippen LogP contribution is -2.11. The molecule has 0 amide bonds. The Kier molecular flexibility index (Phi) is 14.1. The largest absolute Gasteiger partial charge is 0.513 e. The van der Waals surface area contributed by atoms with Crippen molar-refractivity contribution in [3.8, 4) is 11.5 Å². The summed E-state index contributed by atoms with van der Waals surface area (Å²) in [7, 11) is 0. The van der Waals surface area contributed by atoms with Crippen LogP contribution in [-0.2, 0) is 4.74 Å². The number of hydrogen-bond acceptors (Lipinski definition) is 6. The minimum Gasteiger partial charge on any atom is -0.502 e. The average Bonchev–Trinajstić information content (AvgIpc) is 2.72. The second kappa shape index (κ2) is 16.5. The summed E-state index contributed by atoms with van der Waals surface area (Å²) >= 11 is 0. The van der Waals surface area contributed by atoms with E-state index in [0.29, 0.717) is 0 Å². The van der Waals surface area contributed by atoms with Gasteiger partial charge in [0, 0.05) is 0 Å². The van der Waals surface area contributed by atoms with Crippen LogP contribution in [0.15, 0.2) is 18.2 Å². The molecule has 0 aliphatic carbocycles. The fraction of sp³-hybridized carbons (Fsp3) is 0.696. The molecule has 0 radical (unpaired) electrons. The third-order valence-electron chi connectivity index (χ3n) is 5.06. The summed E-state index contributed by atoms with van der Waals surface area (Å²) in [5.74, 6) is -0.520. The van der Waals surface area contributed by atoms with Gasteiger partial charge in [-0.3, -0.25) is 10.1 Å². The fourth-order valence-electron chi connectivity index (χ4n) is 3.29. The summed E-state index contributed by atoms with van der Waals surface area (Å²) in [5, 5.41) is 20.1. The third kappa shape index (κ3) is 12.3. The highest BCUT2D eigenvalue weighted by Crippen LogP contribution is 2.29. The minimum atomic E-state index is -0.898. The molecule has 0 spiro atoms. The number of ether oxygens (including phenoxy) is 2. The maximum absolute atomic E-state index is 11.6. The number of nitrogens with zero attached hydrogens (tertiary/aromatic N) is 1. The Bertz CT molecular complexity index is 620. The van der Waals surface area contributed by atoms with Crippen LogP contribution in [0.4, 0.5) is 10.5 Å². The lowest BCUT2D eigenvalue weighted by Gasteiger charge is -2.06. The molecule has 0 saturated heterocycles. The standard InChI is InChI=1S/C23H37NO6/c1-2-3-4-5-6-7-8-9-10-11-12-13-14-15-18-29-23(26)30-20-16-17-22(25)21(19-20)24(27)28/h16-17,19,25H,2-15,18H2,1H3. The topological polar surface area (TPSA) is 98.9 Å². The summed E-state index contributed by atoms with van der Waals surface area (Å²) < 4.78 is 9.89. The van der Waals surface area contributed by atoms with E-state index in [9.17, 15) is 20.0 Å². The van der Waals surface area contributed by atoms with Crippen molar-refractivity contribution in [3.63, 3.8) is 0 Å². The quantitative estimate of drug-likeness (QED) is 0.0928. The molecule has 1 N–H and O–H groups in total. The molecule has 0 heterocycles. The van der Waals surface area contributed by atoms with Gasteiger partial charge in [-0.1, -0.05) is 90.4 Å². The van der Waals surface area contributed by atoms with Crippen LogP contribution in [0.2, 0.25) is 0 Å². The Labute approximate surface area is 179 Å². The summed E-state index contributed by atoms with van der Waals surface area (Å²) in [6, 6.07) is 3.37. The van der Waals surface area contributed by atoms with E-state index in [0.717, 1.165) is 31.4 Å². The molecule has 170 valence electrons. The molecule has 1 rings (SSSR count). The highest BCUT2D eigenvalue weighted by molar-refractivity contribution is 5.65. The van der Waals surface area contributed by atoms with Crippen molar-refractivity contribution in [2.45, 2.75) is 96.8 Å². The number of benzene rings is 1. The van der Waals surface area contributed by atoms with Gasteiger partial charge >= 0.3 is 11.8 Å². The molecule has 0 aliphatic rings. The monoisotopic (exact) mass is 423 g/mol. The van der Waals surface area contributed by atoms with E-state index in [-0.39, 0.29) is 12.4 Å². The van der Waals surface area contributed by atoms with Gasteiger partial charge in [-0.2, -0.15) is 0 Å². The third-order valence-corrected chi connectivity index (χ3v) is 5.06. The van der Waals surface area contributed by atoms with Crippen LogP contribution in [0.5, 0.6) is 11.5 Å². The second-order valence-corrected chi connectivity index (χ2v) is 7.70.